The maximum Gasteiger partial charge on any atom is 0.407 e. The van der Waals surface area contributed by atoms with Crippen LogP contribution < -0.4 is 15.7 Å². The number of benzene rings is 1. The minimum Gasteiger partial charge on any atom is -0.445 e. The van der Waals surface area contributed by atoms with Gasteiger partial charge in [-0.2, -0.15) is 0 Å². The topological polar surface area (TPSA) is 117 Å². The number of alkyl carbamates (subject to hydrolysis) is 1. The molecule has 0 bridgehead atoms. The van der Waals surface area contributed by atoms with Crippen LogP contribution >= 0.6 is 7.52 Å². The predicted octanol–water partition coefficient (Wildman–Crippen LogP) is 3.61. The van der Waals surface area contributed by atoms with Crippen LogP contribution in [0, 0.1) is 11.3 Å². The highest BCUT2D eigenvalue weighted by Crippen LogP contribution is 2.35. The summed E-state index contributed by atoms with van der Waals surface area (Å²) in [5.74, 6) is -0.187. The summed E-state index contributed by atoms with van der Waals surface area (Å²) in [6.45, 7) is 10.6. The van der Waals surface area contributed by atoms with E-state index in [1.165, 1.54) is 0 Å². The van der Waals surface area contributed by atoms with Gasteiger partial charge in [0.05, 0.1) is 6.04 Å². The second-order valence-electron chi connectivity index (χ2n) is 9.01. The maximum atomic E-state index is 12.5. The summed E-state index contributed by atoms with van der Waals surface area (Å²) in [5.41, 5.74) is 0.881. The molecule has 0 saturated heterocycles. The van der Waals surface area contributed by atoms with E-state index in [0.717, 1.165) is 12.0 Å². The lowest BCUT2D eigenvalue weighted by Crippen LogP contribution is -2.45. The Kier molecular flexibility index (Phi) is 10.5. The van der Waals surface area contributed by atoms with Crippen molar-refractivity contribution in [2.75, 3.05) is 12.8 Å². The highest BCUT2D eigenvalue weighted by atomic mass is 31.2. The van der Waals surface area contributed by atoms with Crippen LogP contribution in [0.2, 0.25) is 0 Å². The highest BCUT2D eigenvalue weighted by Gasteiger charge is 2.29. The summed E-state index contributed by atoms with van der Waals surface area (Å²) in [6, 6.07) is 8.28. The summed E-state index contributed by atoms with van der Waals surface area (Å²) in [4.78, 5) is 34.6. The number of nitrogens with one attached hydrogen (secondary N) is 3. The molecular formula is C21H36N3O5P. The minimum absolute atomic E-state index is 0.0575. The number of rotatable bonds is 11. The van der Waals surface area contributed by atoms with Gasteiger partial charge < -0.3 is 20.3 Å². The van der Waals surface area contributed by atoms with Gasteiger partial charge in [-0.15, -0.1) is 0 Å². The Morgan fingerprint density at radius 1 is 1.13 bits per heavy atom. The molecule has 0 fully saturated rings. The number of hydrogen-bond donors (Lipinski definition) is 4. The standard InChI is InChI=1S/C21H36N3O5P/c1-16(2)13-18(19(25)22-12-11-21(3,4)5)24-30(27,28)15-23-20(26)29-14-17-9-7-6-8-10-17/h6-10,16,18H,11-15H2,1-5H3,(H,22,25)(H,23,26)(H2,24,27,28)/t18-/m0/s1. The molecule has 2 amide bonds. The number of hydrogen-bond acceptors (Lipinski definition) is 4. The van der Waals surface area contributed by atoms with Crippen LogP contribution in [-0.2, 0) is 20.7 Å². The first-order chi connectivity index (χ1) is 13.9. The van der Waals surface area contributed by atoms with Gasteiger partial charge in [0.25, 0.3) is 7.52 Å². The van der Waals surface area contributed by atoms with Crippen molar-refractivity contribution in [2.24, 2.45) is 11.3 Å². The van der Waals surface area contributed by atoms with Gasteiger partial charge in [0.1, 0.15) is 12.9 Å². The van der Waals surface area contributed by atoms with Crippen molar-refractivity contribution < 1.29 is 23.8 Å². The maximum absolute atomic E-state index is 12.5. The third-order valence-corrected chi connectivity index (χ3v) is 5.51. The van der Waals surface area contributed by atoms with Crippen LogP contribution in [0.5, 0.6) is 0 Å². The first-order valence-corrected chi connectivity index (χ1v) is 12.0. The molecule has 0 aliphatic carbocycles. The van der Waals surface area contributed by atoms with E-state index >= 15 is 0 Å². The molecule has 8 nitrogen and oxygen atoms in total. The molecule has 0 spiro atoms. The molecular weight excluding hydrogens is 405 g/mol. The smallest absolute Gasteiger partial charge is 0.407 e. The fourth-order valence-corrected chi connectivity index (χ4v) is 3.75. The van der Waals surface area contributed by atoms with E-state index in [1.54, 1.807) is 12.1 Å². The van der Waals surface area contributed by atoms with Crippen molar-refractivity contribution >= 4 is 19.5 Å². The zero-order valence-electron chi connectivity index (χ0n) is 18.6. The molecule has 1 aromatic carbocycles. The Balaban J connectivity index is 2.54. The Labute approximate surface area is 179 Å². The molecule has 0 aliphatic heterocycles. The van der Waals surface area contributed by atoms with Crippen LogP contribution in [-0.4, -0.2) is 35.8 Å². The quantitative estimate of drug-likeness (QED) is 0.390. The van der Waals surface area contributed by atoms with Crippen LogP contribution in [0.3, 0.4) is 0 Å². The van der Waals surface area contributed by atoms with Gasteiger partial charge in [-0.25, -0.2) is 9.88 Å². The summed E-state index contributed by atoms with van der Waals surface area (Å²) in [6.07, 6.45) is -0.155. The molecule has 170 valence electrons. The molecule has 0 saturated carbocycles. The van der Waals surface area contributed by atoms with E-state index in [2.05, 4.69) is 36.5 Å². The second kappa shape index (κ2) is 12.1. The van der Waals surface area contributed by atoms with Crippen molar-refractivity contribution in [2.45, 2.75) is 60.1 Å². The monoisotopic (exact) mass is 441 g/mol. The Morgan fingerprint density at radius 3 is 2.33 bits per heavy atom. The normalized spacial score (nSPS) is 14.6. The number of ether oxygens (including phenoxy) is 1. The average molecular weight is 442 g/mol. The Bertz CT molecular complexity index is 719. The third kappa shape index (κ3) is 12.0. The zero-order chi connectivity index (χ0) is 22.8. The first-order valence-electron chi connectivity index (χ1n) is 10.2. The summed E-state index contributed by atoms with van der Waals surface area (Å²) in [5, 5.41) is 7.64. The van der Waals surface area contributed by atoms with Gasteiger partial charge >= 0.3 is 6.09 Å². The lowest BCUT2D eigenvalue weighted by Gasteiger charge is -2.24. The van der Waals surface area contributed by atoms with Gasteiger partial charge in [-0.1, -0.05) is 65.0 Å². The number of amides is 2. The lowest BCUT2D eigenvalue weighted by molar-refractivity contribution is -0.123. The van der Waals surface area contributed by atoms with E-state index in [4.69, 9.17) is 4.74 Å². The molecule has 2 atom stereocenters. The fraction of sp³-hybridized carbons (Fsp3) is 0.619. The van der Waals surface area contributed by atoms with Crippen molar-refractivity contribution in [3.8, 4) is 0 Å². The predicted molar refractivity (Wildman–Crippen MR) is 118 cm³/mol. The van der Waals surface area contributed by atoms with E-state index in [-0.39, 0.29) is 23.8 Å². The summed E-state index contributed by atoms with van der Waals surface area (Å²) >= 11 is 0. The van der Waals surface area contributed by atoms with Crippen LogP contribution in [0.25, 0.3) is 0 Å². The fourth-order valence-electron chi connectivity index (χ4n) is 2.61. The summed E-state index contributed by atoms with van der Waals surface area (Å²) in [7, 11) is -4.00. The van der Waals surface area contributed by atoms with Gasteiger partial charge in [0.2, 0.25) is 5.91 Å². The van der Waals surface area contributed by atoms with E-state index in [9.17, 15) is 19.0 Å². The molecule has 0 aliphatic rings. The van der Waals surface area contributed by atoms with E-state index < -0.39 is 25.9 Å². The van der Waals surface area contributed by atoms with Crippen molar-refractivity contribution in [1.82, 2.24) is 15.7 Å². The van der Waals surface area contributed by atoms with Crippen molar-refractivity contribution in [3.05, 3.63) is 35.9 Å². The molecule has 9 heteroatoms. The molecule has 30 heavy (non-hydrogen) atoms. The minimum atomic E-state index is -4.00. The van der Waals surface area contributed by atoms with Crippen molar-refractivity contribution in [1.29, 1.82) is 0 Å². The molecule has 1 rings (SSSR count). The van der Waals surface area contributed by atoms with Crippen molar-refractivity contribution in [3.63, 3.8) is 0 Å². The van der Waals surface area contributed by atoms with Gasteiger partial charge in [0.15, 0.2) is 0 Å². The van der Waals surface area contributed by atoms with Gasteiger partial charge in [-0.3, -0.25) is 9.36 Å². The summed E-state index contributed by atoms with van der Waals surface area (Å²) < 4.78 is 17.6. The second-order valence-corrected chi connectivity index (χ2v) is 11.0. The first kappa shape index (κ1) is 26.1. The van der Waals surface area contributed by atoms with E-state index in [1.807, 2.05) is 32.0 Å². The van der Waals surface area contributed by atoms with Crippen LogP contribution in [0.4, 0.5) is 4.79 Å². The average Bonchev–Trinajstić information content (AvgIpc) is 2.63. The molecule has 1 unspecified atom stereocenters. The molecule has 0 aromatic heterocycles. The van der Waals surface area contributed by atoms with Gasteiger partial charge in [-0.05, 0) is 29.7 Å². The highest BCUT2D eigenvalue weighted by molar-refractivity contribution is 7.55. The Hall–Kier alpha value is -1.89. The largest absolute Gasteiger partial charge is 0.445 e. The molecule has 4 N–H and O–H groups in total. The molecule has 1 aromatic rings. The number of carbonyl (C=O) groups is 2. The molecule has 0 radical (unpaired) electrons. The van der Waals surface area contributed by atoms with Gasteiger partial charge in [0, 0.05) is 6.54 Å². The molecule has 0 heterocycles. The lowest BCUT2D eigenvalue weighted by atomic mass is 9.92. The number of carbonyl (C=O) groups excluding carboxylic acids is 2. The SMILES string of the molecule is CC(C)C[C@H](NP(=O)(O)CNC(=O)OCc1ccccc1)C(=O)NCCC(C)(C)C. The van der Waals surface area contributed by atoms with Crippen LogP contribution in [0.1, 0.15) is 53.0 Å². The van der Waals surface area contributed by atoms with E-state index in [0.29, 0.717) is 13.0 Å². The zero-order valence-corrected chi connectivity index (χ0v) is 19.5. The third-order valence-electron chi connectivity index (χ3n) is 4.21. The Morgan fingerprint density at radius 2 is 1.77 bits per heavy atom. The van der Waals surface area contributed by atoms with Crippen LogP contribution in [0.15, 0.2) is 30.3 Å².